The molecule has 0 radical (unpaired) electrons. The number of allylic oxidation sites excluding steroid dienone is 1. The van der Waals surface area contributed by atoms with Gasteiger partial charge < -0.3 is 10.1 Å². The van der Waals surface area contributed by atoms with E-state index in [2.05, 4.69) is 22.1 Å². The summed E-state index contributed by atoms with van der Waals surface area (Å²) in [7, 11) is 0. The number of nitriles is 1. The van der Waals surface area contributed by atoms with Gasteiger partial charge in [0.15, 0.2) is 11.5 Å². The molecule has 2 aromatic carbocycles. The van der Waals surface area contributed by atoms with Gasteiger partial charge in [0.1, 0.15) is 11.9 Å². The highest BCUT2D eigenvalue weighted by Gasteiger charge is 2.26. The lowest BCUT2D eigenvalue weighted by Crippen LogP contribution is -2.42. The van der Waals surface area contributed by atoms with Crippen LogP contribution in [0.3, 0.4) is 0 Å². The van der Waals surface area contributed by atoms with Gasteiger partial charge in [0.2, 0.25) is 5.88 Å². The molecular weight excluding hydrogens is 486 g/mol. The normalized spacial score (nSPS) is 13.2. The zero-order chi connectivity index (χ0) is 24.4. The van der Waals surface area contributed by atoms with Gasteiger partial charge >= 0.3 is 6.03 Å². The van der Waals surface area contributed by atoms with Gasteiger partial charge in [-0.3, -0.25) is 4.79 Å². The van der Waals surface area contributed by atoms with Crippen molar-refractivity contribution in [2.45, 2.75) is 6.54 Å². The van der Waals surface area contributed by atoms with Gasteiger partial charge in [0, 0.05) is 12.1 Å². The molecule has 0 saturated heterocycles. The lowest BCUT2D eigenvalue weighted by Gasteiger charge is -2.24. The van der Waals surface area contributed by atoms with Crippen molar-refractivity contribution in [3.8, 4) is 17.7 Å². The van der Waals surface area contributed by atoms with Crippen molar-refractivity contribution >= 4 is 40.6 Å². The molecule has 0 fully saturated rings. The van der Waals surface area contributed by atoms with Gasteiger partial charge in [-0.25, -0.2) is 13.9 Å². The number of hydrogen-bond acceptors (Lipinski definition) is 6. The Bertz CT molecular complexity index is 1420. The van der Waals surface area contributed by atoms with Crippen LogP contribution >= 0.6 is 23.2 Å². The summed E-state index contributed by atoms with van der Waals surface area (Å²) in [5.41, 5.74) is 0.429. The van der Waals surface area contributed by atoms with Gasteiger partial charge in [-0.05, 0) is 29.8 Å². The van der Waals surface area contributed by atoms with Gasteiger partial charge in [-0.2, -0.15) is 15.4 Å². The summed E-state index contributed by atoms with van der Waals surface area (Å²) < 4.78 is 20.0. The molecule has 12 heteroatoms. The molecule has 3 aromatic rings. The molecule has 4 rings (SSSR count). The fraction of sp³-hybridized carbons (Fsp3) is 0.0455. The number of nitrogens with zero attached hydrogens (tertiary/aromatic N) is 5. The van der Waals surface area contributed by atoms with Crippen LogP contribution in [-0.4, -0.2) is 21.5 Å². The monoisotopic (exact) mass is 498 g/mol. The molecule has 1 aliphatic heterocycles. The Balaban J connectivity index is 1.62. The lowest BCUT2D eigenvalue weighted by atomic mass is 10.2. The Kier molecular flexibility index (Phi) is 6.32. The third-order valence-electron chi connectivity index (χ3n) is 4.56. The topological polar surface area (TPSA) is 113 Å². The van der Waals surface area contributed by atoms with E-state index in [1.165, 1.54) is 48.5 Å². The highest BCUT2D eigenvalue weighted by atomic mass is 35.5. The van der Waals surface area contributed by atoms with Crippen molar-refractivity contribution in [1.82, 2.24) is 15.1 Å². The third kappa shape index (κ3) is 4.76. The van der Waals surface area contributed by atoms with Crippen LogP contribution in [0.2, 0.25) is 10.0 Å². The van der Waals surface area contributed by atoms with Crippen LogP contribution in [0.1, 0.15) is 5.56 Å². The van der Waals surface area contributed by atoms with E-state index in [-0.39, 0.29) is 45.3 Å². The molecule has 1 N–H and O–H groups in total. The number of ether oxygens (including phenoxy) is 1. The highest BCUT2D eigenvalue weighted by molar-refractivity contribution is 6.37. The quantitative estimate of drug-likeness (QED) is 0.558. The molecule has 1 aromatic heterocycles. The zero-order valence-electron chi connectivity index (χ0n) is 17.1. The average molecular weight is 499 g/mol. The molecule has 0 saturated carbocycles. The lowest BCUT2D eigenvalue weighted by molar-refractivity contribution is 0.248. The number of amides is 2. The fourth-order valence-corrected chi connectivity index (χ4v) is 3.50. The Labute approximate surface area is 201 Å². The summed E-state index contributed by atoms with van der Waals surface area (Å²) in [6.45, 7) is 3.64. The molecule has 0 aliphatic carbocycles. The van der Waals surface area contributed by atoms with Gasteiger partial charge in [-0.15, -0.1) is 5.10 Å². The van der Waals surface area contributed by atoms with Crippen LogP contribution in [0.15, 0.2) is 70.7 Å². The summed E-state index contributed by atoms with van der Waals surface area (Å²) in [4.78, 5) is 24.4. The predicted octanol–water partition coefficient (Wildman–Crippen LogP) is 4.45. The SMILES string of the molecule is C=C1NC(=O)N(c2cc(Cl)c(Oc3ccc(=O)n(Cc4ccc(F)cc4)n3)c(Cl)c2)N=C1C#N. The fourth-order valence-electron chi connectivity index (χ4n) is 2.94. The Morgan fingerprint density at radius 1 is 1.12 bits per heavy atom. The van der Waals surface area contributed by atoms with Crippen molar-refractivity contribution in [3.05, 3.63) is 92.6 Å². The van der Waals surface area contributed by atoms with Gasteiger partial charge in [0.25, 0.3) is 5.56 Å². The number of carbonyl (C=O) groups excluding carboxylic acids is 1. The second kappa shape index (κ2) is 9.35. The first-order chi connectivity index (χ1) is 16.2. The smallest absolute Gasteiger partial charge is 0.347 e. The van der Waals surface area contributed by atoms with Crippen LogP contribution < -0.4 is 20.6 Å². The van der Waals surface area contributed by atoms with Crippen molar-refractivity contribution in [1.29, 1.82) is 5.26 Å². The molecule has 9 nitrogen and oxygen atoms in total. The van der Waals surface area contributed by atoms with Crippen LogP contribution in [0.4, 0.5) is 14.9 Å². The first-order valence-corrected chi connectivity index (χ1v) is 10.3. The molecule has 0 unspecified atom stereocenters. The summed E-state index contributed by atoms with van der Waals surface area (Å²) in [5, 5.41) is 20.6. The largest absolute Gasteiger partial charge is 0.434 e. The first-order valence-electron chi connectivity index (χ1n) is 9.54. The summed E-state index contributed by atoms with van der Waals surface area (Å²) >= 11 is 12.7. The number of halogens is 3. The van der Waals surface area contributed by atoms with Crippen LogP contribution in [0.25, 0.3) is 0 Å². The van der Waals surface area contributed by atoms with E-state index in [1.807, 2.05) is 6.07 Å². The highest BCUT2D eigenvalue weighted by Crippen LogP contribution is 2.39. The molecule has 2 heterocycles. The van der Waals surface area contributed by atoms with E-state index in [4.69, 9.17) is 33.2 Å². The summed E-state index contributed by atoms with van der Waals surface area (Å²) in [6.07, 6.45) is 0. The number of urea groups is 1. The molecule has 2 amide bonds. The van der Waals surface area contributed by atoms with Crippen molar-refractivity contribution in [2.75, 3.05) is 5.01 Å². The number of benzene rings is 2. The number of anilines is 1. The molecule has 0 spiro atoms. The van der Waals surface area contributed by atoms with E-state index in [0.29, 0.717) is 5.56 Å². The van der Waals surface area contributed by atoms with Crippen LogP contribution in [0, 0.1) is 17.1 Å². The zero-order valence-corrected chi connectivity index (χ0v) is 18.6. The van der Waals surface area contributed by atoms with Crippen molar-refractivity contribution in [3.63, 3.8) is 0 Å². The molecule has 0 bridgehead atoms. The van der Waals surface area contributed by atoms with Crippen molar-refractivity contribution < 1.29 is 13.9 Å². The second-order valence-corrected chi connectivity index (χ2v) is 7.73. The van der Waals surface area contributed by atoms with Crippen LogP contribution in [0.5, 0.6) is 11.6 Å². The summed E-state index contributed by atoms with van der Waals surface area (Å²) in [5.74, 6) is -0.344. The number of aromatic nitrogens is 2. The number of rotatable bonds is 5. The minimum absolute atomic E-state index is 0.0199. The molecule has 0 atom stereocenters. The molecular formula is C22H13Cl2FN6O3. The second-order valence-electron chi connectivity index (χ2n) is 6.92. The van der Waals surface area contributed by atoms with Crippen molar-refractivity contribution in [2.24, 2.45) is 5.10 Å². The number of carbonyl (C=O) groups is 1. The van der Waals surface area contributed by atoms with E-state index in [1.54, 1.807) is 0 Å². The maximum absolute atomic E-state index is 13.1. The number of hydrazone groups is 1. The number of hydrogen-bond donors (Lipinski definition) is 1. The van der Waals surface area contributed by atoms with Crippen LogP contribution in [-0.2, 0) is 6.54 Å². The maximum atomic E-state index is 13.1. The Hall–Kier alpha value is -4.20. The van der Waals surface area contributed by atoms with Gasteiger partial charge in [0.05, 0.1) is 28.0 Å². The predicted molar refractivity (Wildman–Crippen MR) is 124 cm³/mol. The standard InChI is InChI=1S/C22H13Cl2FN6O3/c1-12-18(10-26)28-31(22(33)27-12)15-8-16(23)21(17(24)9-15)34-19-6-7-20(32)30(29-19)11-13-2-4-14(25)5-3-13/h2-9H,1,11H2,(H,27,33). The molecule has 34 heavy (non-hydrogen) atoms. The van der Waals surface area contributed by atoms with E-state index in [0.717, 1.165) is 9.69 Å². The maximum Gasteiger partial charge on any atom is 0.347 e. The van der Waals surface area contributed by atoms with E-state index < -0.39 is 17.4 Å². The Morgan fingerprint density at radius 2 is 1.79 bits per heavy atom. The van der Waals surface area contributed by atoms with E-state index in [9.17, 15) is 14.0 Å². The third-order valence-corrected chi connectivity index (χ3v) is 5.13. The number of nitrogens with one attached hydrogen (secondary N) is 1. The molecule has 170 valence electrons. The minimum Gasteiger partial charge on any atom is -0.434 e. The summed E-state index contributed by atoms with van der Waals surface area (Å²) in [6, 6.07) is 12.1. The van der Waals surface area contributed by atoms with E-state index >= 15 is 0 Å². The first kappa shape index (κ1) is 23.0. The molecule has 1 aliphatic rings. The Morgan fingerprint density at radius 3 is 2.44 bits per heavy atom. The van der Waals surface area contributed by atoms with Gasteiger partial charge in [-0.1, -0.05) is 41.9 Å². The minimum atomic E-state index is -0.653. The average Bonchev–Trinajstić information content (AvgIpc) is 2.80.